The van der Waals surface area contributed by atoms with Gasteiger partial charge in [0.25, 0.3) is 0 Å². The van der Waals surface area contributed by atoms with E-state index in [1.807, 2.05) is 30.8 Å². The van der Waals surface area contributed by atoms with Crippen molar-refractivity contribution >= 4 is 39.0 Å². The van der Waals surface area contributed by atoms with Crippen LogP contribution in [-0.4, -0.2) is 55.5 Å². The van der Waals surface area contributed by atoms with E-state index in [0.29, 0.717) is 23.5 Å². The molecule has 2 unspecified atom stereocenters. The molecule has 10 heteroatoms. The van der Waals surface area contributed by atoms with Crippen LogP contribution in [0.2, 0.25) is 0 Å². The molecule has 170 valence electrons. The van der Waals surface area contributed by atoms with Crippen LogP contribution in [0.3, 0.4) is 0 Å². The molecular formula is C23H27N9S. The highest BCUT2D eigenvalue weighted by atomic mass is 32.1. The highest BCUT2D eigenvalue weighted by molar-refractivity contribution is 7.16. The van der Waals surface area contributed by atoms with E-state index in [1.54, 1.807) is 11.3 Å². The molecule has 2 atom stereocenters. The largest absolute Gasteiger partial charge is 0.368 e. The first-order valence-electron chi connectivity index (χ1n) is 11.0. The van der Waals surface area contributed by atoms with Crippen LogP contribution in [0.1, 0.15) is 31.3 Å². The van der Waals surface area contributed by atoms with E-state index in [2.05, 4.69) is 61.4 Å². The maximum Gasteiger partial charge on any atom is 0.223 e. The summed E-state index contributed by atoms with van der Waals surface area (Å²) in [4.78, 5) is 24.8. The van der Waals surface area contributed by atoms with E-state index >= 15 is 0 Å². The van der Waals surface area contributed by atoms with E-state index < -0.39 is 0 Å². The normalized spacial score (nSPS) is 17.8. The Bertz CT molecular complexity index is 1270. The van der Waals surface area contributed by atoms with Crippen LogP contribution >= 0.6 is 11.3 Å². The van der Waals surface area contributed by atoms with Gasteiger partial charge in [-0.25, -0.2) is 15.0 Å². The van der Waals surface area contributed by atoms with Gasteiger partial charge >= 0.3 is 0 Å². The van der Waals surface area contributed by atoms with Gasteiger partial charge in [0.05, 0.1) is 21.3 Å². The number of hydrogen-bond acceptors (Lipinski definition) is 10. The Morgan fingerprint density at radius 3 is 2.91 bits per heavy atom. The Morgan fingerprint density at radius 2 is 2.09 bits per heavy atom. The first-order chi connectivity index (χ1) is 16.0. The van der Waals surface area contributed by atoms with Crippen molar-refractivity contribution in [3.63, 3.8) is 0 Å². The molecule has 0 aliphatic carbocycles. The fourth-order valence-electron chi connectivity index (χ4n) is 4.30. The highest BCUT2D eigenvalue weighted by Gasteiger charge is 2.25. The lowest BCUT2D eigenvalue weighted by Crippen LogP contribution is -2.50. The molecule has 0 radical (unpaired) electrons. The number of benzene rings is 1. The monoisotopic (exact) mass is 461 g/mol. The van der Waals surface area contributed by atoms with Crippen molar-refractivity contribution in [3.05, 3.63) is 47.4 Å². The zero-order chi connectivity index (χ0) is 22.9. The van der Waals surface area contributed by atoms with Gasteiger partial charge in [0.2, 0.25) is 5.95 Å². The first kappa shape index (κ1) is 21.6. The number of fused-ring (bicyclic) bond motifs is 1. The fraction of sp³-hybridized carbons (Fsp3) is 0.348. The molecular weight excluding hydrogens is 434 g/mol. The molecule has 4 aromatic rings. The van der Waals surface area contributed by atoms with Crippen molar-refractivity contribution in [1.29, 1.82) is 0 Å². The molecule has 4 N–H and O–H groups in total. The number of piperazine rings is 1. The van der Waals surface area contributed by atoms with E-state index in [9.17, 15) is 0 Å². The van der Waals surface area contributed by atoms with Crippen LogP contribution < -0.4 is 16.4 Å². The lowest BCUT2D eigenvalue weighted by Gasteiger charge is -2.38. The maximum absolute atomic E-state index is 5.96. The van der Waals surface area contributed by atoms with Gasteiger partial charge in [-0.15, -0.1) is 11.3 Å². The third-order valence-corrected chi connectivity index (χ3v) is 6.85. The van der Waals surface area contributed by atoms with E-state index in [-0.39, 0.29) is 12.0 Å². The van der Waals surface area contributed by atoms with Gasteiger partial charge in [-0.1, -0.05) is 0 Å². The highest BCUT2D eigenvalue weighted by Crippen LogP contribution is 2.32. The Hall–Kier alpha value is -3.21. The summed E-state index contributed by atoms with van der Waals surface area (Å²) in [6, 6.07) is 8.86. The third-order valence-electron chi connectivity index (χ3n) is 6.04. The first-order valence-corrected chi connectivity index (χ1v) is 11.9. The molecule has 3 aromatic heterocycles. The van der Waals surface area contributed by atoms with Crippen molar-refractivity contribution in [2.45, 2.75) is 32.9 Å². The fourth-order valence-corrected chi connectivity index (χ4v) is 4.96. The topological polar surface area (TPSA) is 118 Å². The summed E-state index contributed by atoms with van der Waals surface area (Å²) in [5.74, 6) is 1.94. The van der Waals surface area contributed by atoms with Crippen molar-refractivity contribution in [2.24, 2.45) is 0 Å². The van der Waals surface area contributed by atoms with Crippen LogP contribution in [0.4, 0.5) is 17.5 Å². The van der Waals surface area contributed by atoms with Crippen LogP contribution in [0, 0.1) is 6.92 Å². The summed E-state index contributed by atoms with van der Waals surface area (Å²) < 4.78 is 1.14. The molecule has 0 amide bonds. The molecule has 0 saturated carbocycles. The molecule has 5 rings (SSSR count). The van der Waals surface area contributed by atoms with Gasteiger partial charge in [-0.2, -0.15) is 9.97 Å². The number of nitrogens with one attached hydrogen (secondary N) is 2. The number of thiazole rings is 1. The average molecular weight is 462 g/mol. The van der Waals surface area contributed by atoms with E-state index in [0.717, 1.165) is 46.7 Å². The number of rotatable bonds is 5. The zero-order valence-corrected chi connectivity index (χ0v) is 19.7. The molecule has 9 nitrogen and oxygen atoms in total. The van der Waals surface area contributed by atoms with Crippen molar-refractivity contribution in [2.75, 3.05) is 30.7 Å². The molecule has 1 fully saturated rings. The molecule has 1 aliphatic heterocycles. The minimum absolute atomic E-state index is 0.196. The van der Waals surface area contributed by atoms with Gasteiger partial charge in [-0.05, 0) is 50.6 Å². The second-order valence-corrected chi connectivity index (χ2v) is 9.24. The van der Waals surface area contributed by atoms with Crippen LogP contribution in [0.15, 0.2) is 36.0 Å². The number of nitrogens with zero attached hydrogens (tertiary/aromatic N) is 6. The smallest absolute Gasteiger partial charge is 0.223 e. The predicted molar refractivity (Wildman–Crippen MR) is 133 cm³/mol. The maximum atomic E-state index is 5.96. The predicted octanol–water partition coefficient (Wildman–Crippen LogP) is 3.53. The van der Waals surface area contributed by atoms with E-state index in [1.165, 1.54) is 0 Å². The SMILES string of the molecule is Cc1nc(N)nc(-c2cc(C(C)N3CCNCC3C)cnc2Nc2ccc3scnc3c2)n1. The number of hydrogen-bond donors (Lipinski definition) is 3. The lowest BCUT2D eigenvalue weighted by molar-refractivity contribution is 0.126. The van der Waals surface area contributed by atoms with Crippen molar-refractivity contribution in [3.8, 4) is 11.4 Å². The Labute approximate surface area is 196 Å². The second kappa shape index (κ2) is 8.97. The van der Waals surface area contributed by atoms with Gasteiger partial charge in [-0.3, -0.25) is 4.90 Å². The number of nitrogens with two attached hydrogens (primary N) is 1. The summed E-state index contributed by atoms with van der Waals surface area (Å²) in [5.41, 5.74) is 11.6. The summed E-state index contributed by atoms with van der Waals surface area (Å²) >= 11 is 1.62. The molecule has 1 saturated heterocycles. The molecule has 1 aliphatic rings. The van der Waals surface area contributed by atoms with Crippen molar-refractivity contribution < 1.29 is 0 Å². The molecule has 1 aromatic carbocycles. The van der Waals surface area contributed by atoms with Gasteiger partial charge in [0.15, 0.2) is 5.82 Å². The number of anilines is 3. The van der Waals surface area contributed by atoms with Gasteiger partial charge in [0, 0.05) is 43.6 Å². The van der Waals surface area contributed by atoms with Gasteiger partial charge < -0.3 is 16.4 Å². The van der Waals surface area contributed by atoms with Crippen LogP contribution in [0.25, 0.3) is 21.6 Å². The minimum atomic E-state index is 0.196. The van der Waals surface area contributed by atoms with Crippen LogP contribution in [-0.2, 0) is 0 Å². The second-order valence-electron chi connectivity index (χ2n) is 8.36. The third kappa shape index (κ3) is 4.50. The Morgan fingerprint density at radius 1 is 1.21 bits per heavy atom. The quantitative estimate of drug-likeness (QED) is 0.410. The summed E-state index contributed by atoms with van der Waals surface area (Å²) in [5, 5.41) is 6.89. The van der Waals surface area contributed by atoms with E-state index in [4.69, 9.17) is 10.7 Å². The molecule has 33 heavy (non-hydrogen) atoms. The summed E-state index contributed by atoms with van der Waals surface area (Å²) in [7, 11) is 0. The molecule has 4 heterocycles. The number of aryl methyl sites for hydroxylation is 1. The number of nitrogen functional groups attached to an aromatic ring is 1. The van der Waals surface area contributed by atoms with Crippen LogP contribution in [0.5, 0.6) is 0 Å². The molecule has 0 bridgehead atoms. The Balaban J connectivity index is 1.55. The number of aromatic nitrogens is 5. The molecule has 0 spiro atoms. The standard InChI is InChI=1S/C23H27N9S/c1-13-10-25-6-7-32(13)14(2)16-8-18(22-28-15(3)29-23(24)31-22)21(26-11-16)30-17-4-5-20-19(9-17)27-12-33-20/h4-5,8-9,11-14,25H,6-7,10H2,1-3H3,(H,26,30)(H2,24,28,29,31). The average Bonchev–Trinajstić information content (AvgIpc) is 3.26. The van der Waals surface area contributed by atoms with Gasteiger partial charge in [0.1, 0.15) is 11.6 Å². The lowest BCUT2D eigenvalue weighted by atomic mass is 10.0. The number of pyridine rings is 1. The van der Waals surface area contributed by atoms with Crippen molar-refractivity contribution in [1.82, 2.24) is 35.1 Å². The minimum Gasteiger partial charge on any atom is -0.368 e. The Kier molecular flexibility index (Phi) is 5.88. The summed E-state index contributed by atoms with van der Waals surface area (Å²) in [6.07, 6.45) is 1.93. The summed E-state index contributed by atoms with van der Waals surface area (Å²) in [6.45, 7) is 9.23. The zero-order valence-electron chi connectivity index (χ0n) is 18.9.